The molecule has 1 rings (SSSR count). The van der Waals surface area contributed by atoms with E-state index in [2.05, 4.69) is 0 Å². The van der Waals surface area contributed by atoms with Crippen LogP contribution in [0, 0.1) is 0 Å². The van der Waals surface area contributed by atoms with E-state index in [1.54, 1.807) is 0 Å². The second-order valence-corrected chi connectivity index (χ2v) is 2.78. The Labute approximate surface area is 74.8 Å². The first-order valence-electron chi connectivity index (χ1n) is 3.70. The Bertz CT molecular complexity index is 305. The van der Waals surface area contributed by atoms with Gasteiger partial charge in [0, 0.05) is 12.5 Å². The van der Waals surface area contributed by atoms with Crippen molar-refractivity contribution in [1.29, 1.82) is 0 Å². The van der Waals surface area contributed by atoms with E-state index in [1.165, 1.54) is 19.2 Å². The van der Waals surface area contributed by atoms with E-state index in [4.69, 9.17) is 4.74 Å². The van der Waals surface area contributed by atoms with Crippen LogP contribution in [-0.2, 0) is 5.92 Å². The lowest BCUT2D eigenvalue weighted by Gasteiger charge is -2.11. The molecule has 1 aromatic rings. The van der Waals surface area contributed by atoms with Gasteiger partial charge in [0.25, 0.3) is 5.92 Å². The van der Waals surface area contributed by atoms with Gasteiger partial charge in [0.05, 0.1) is 7.11 Å². The van der Waals surface area contributed by atoms with Crippen molar-refractivity contribution in [3.8, 4) is 11.5 Å². The molecule has 2 nitrogen and oxygen atoms in total. The summed E-state index contributed by atoms with van der Waals surface area (Å²) in [5.74, 6) is -3.03. The molecule has 0 saturated carbocycles. The van der Waals surface area contributed by atoms with Crippen LogP contribution in [0.2, 0.25) is 0 Å². The highest BCUT2D eigenvalue weighted by molar-refractivity contribution is 5.42. The van der Waals surface area contributed by atoms with Crippen LogP contribution >= 0.6 is 0 Å². The smallest absolute Gasteiger partial charge is 0.270 e. The topological polar surface area (TPSA) is 29.5 Å². The summed E-state index contributed by atoms with van der Waals surface area (Å²) in [5.41, 5.74) is -0.231. The normalized spacial score (nSPS) is 11.4. The van der Waals surface area contributed by atoms with E-state index in [-0.39, 0.29) is 17.1 Å². The number of hydrogen-bond donors (Lipinski definition) is 1. The van der Waals surface area contributed by atoms with Crippen molar-refractivity contribution in [2.75, 3.05) is 7.11 Å². The molecule has 1 N–H and O–H groups in total. The van der Waals surface area contributed by atoms with Crippen molar-refractivity contribution < 1.29 is 18.6 Å². The summed E-state index contributed by atoms with van der Waals surface area (Å²) in [6, 6.07) is 3.53. The molecule has 0 spiro atoms. The number of hydrogen-bond acceptors (Lipinski definition) is 2. The van der Waals surface area contributed by atoms with E-state index in [9.17, 15) is 13.9 Å². The summed E-state index contributed by atoms with van der Waals surface area (Å²) in [4.78, 5) is 0. The molecular formula is C9H10F2O2. The molecule has 0 amide bonds. The zero-order valence-electron chi connectivity index (χ0n) is 7.34. The first-order valence-corrected chi connectivity index (χ1v) is 3.70. The minimum Gasteiger partial charge on any atom is -0.504 e. The lowest BCUT2D eigenvalue weighted by Crippen LogP contribution is -2.06. The fourth-order valence-electron chi connectivity index (χ4n) is 0.963. The van der Waals surface area contributed by atoms with E-state index in [1.807, 2.05) is 0 Å². The number of benzene rings is 1. The summed E-state index contributed by atoms with van der Waals surface area (Å²) >= 11 is 0. The maximum atomic E-state index is 12.7. The SMILES string of the molecule is COc1ccc(C(C)(F)F)cc1O. The van der Waals surface area contributed by atoms with Crippen molar-refractivity contribution >= 4 is 0 Å². The Kier molecular flexibility index (Phi) is 2.40. The molecule has 0 aliphatic carbocycles. The third-order valence-electron chi connectivity index (χ3n) is 1.69. The van der Waals surface area contributed by atoms with Crippen LogP contribution in [0.4, 0.5) is 8.78 Å². The number of phenolic OH excluding ortho intramolecular Hbond substituents is 1. The predicted octanol–water partition coefficient (Wildman–Crippen LogP) is 2.51. The fraction of sp³-hybridized carbons (Fsp3) is 0.333. The zero-order chi connectivity index (χ0) is 10.1. The minimum absolute atomic E-state index is 0.188. The highest BCUT2D eigenvalue weighted by atomic mass is 19.3. The van der Waals surface area contributed by atoms with Gasteiger partial charge in [-0.05, 0) is 18.2 Å². The molecule has 0 aromatic heterocycles. The van der Waals surface area contributed by atoms with E-state index in [0.29, 0.717) is 0 Å². The van der Waals surface area contributed by atoms with Crippen molar-refractivity contribution in [1.82, 2.24) is 0 Å². The first kappa shape index (κ1) is 9.77. The largest absolute Gasteiger partial charge is 0.504 e. The summed E-state index contributed by atoms with van der Waals surface area (Å²) in [6.45, 7) is 0.772. The Hall–Kier alpha value is -1.32. The van der Waals surface area contributed by atoms with Crippen LogP contribution in [0.3, 0.4) is 0 Å². The molecule has 0 aliphatic heterocycles. The molecular weight excluding hydrogens is 178 g/mol. The molecule has 72 valence electrons. The number of rotatable bonds is 2. The van der Waals surface area contributed by atoms with E-state index in [0.717, 1.165) is 13.0 Å². The van der Waals surface area contributed by atoms with Gasteiger partial charge in [-0.25, -0.2) is 8.78 Å². The van der Waals surface area contributed by atoms with Crippen molar-refractivity contribution in [2.45, 2.75) is 12.8 Å². The summed E-state index contributed by atoms with van der Waals surface area (Å²) in [7, 11) is 1.36. The quantitative estimate of drug-likeness (QED) is 0.772. The molecule has 0 fully saturated rings. The average molecular weight is 188 g/mol. The number of aromatic hydroxyl groups is 1. The van der Waals surface area contributed by atoms with Gasteiger partial charge in [0.1, 0.15) is 0 Å². The fourth-order valence-corrected chi connectivity index (χ4v) is 0.963. The van der Waals surface area contributed by atoms with Crippen molar-refractivity contribution in [2.24, 2.45) is 0 Å². The van der Waals surface area contributed by atoms with E-state index < -0.39 is 5.92 Å². The second-order valence-electron chi connectivity index (χ2n) is 2.78. The van der Waals surface area contributed by atoms with Gasteiger partial charge in [-0.3, -0.25) is 0 Å². The third-order valence-corrected chi connectivity index (χ3v) is 1.69. The average Bonchev–Trinajstić information content (AvgIpc) is 2.02. The third kappa shape index (κ3) is 2.08. The summed E-state index contributed by atoms with van der Waals surface area (Å²) < 4.78 is 30.2. The number of methoxy groups -OCH3 is 1. The van der Waals surface area contributed by atoms with Gasteiger partial charge in [-0.1, -0.05) is 0 Å². The maximum Gasteiger partial charge on any atom is 0.270 e. The van der Waals surface area contributed by atoms with Crippen LogP contribution in [0.1, 0.15) is 12.5 Å². The zero-order valence-corrected chi connectivity index (χ0v) is 7.34. The van der Waals surface area contributed by atoms with Gasteiger partial charge in [0.2, 0.25) is 0 Å². The van der Waals surface area contributed by atoms with Crippen LogP contribution in [0.15, 0.2) is 18.2 Å². The highest BCUT2D eigenvalue weighted by Crippen LogP contribution is 2.33. The van der Waals surface area contributed by atoms with Gasteiger partial charge < -0.3 is 9.84 Å². The minimum atomic E-state index is -2.94. The number of alkyl halides is 2. The van der Waals surface area contributed by atoms with Crippen LogP contribution in [-0.4, -0.2) is 12.2 Å². The monoisotopic (exact) mass is 188 g/mol. The molecule has 0 radical (unpaired) electrons. The Balaban J connectivity index is 3.10. The molecule has 0 unspecified atom stereocenters. The highest BCUT2D eigenvalue weighted by Gasteiger charge is 2.25. The standard InChI is InChI=1S/C9H10F2O2/c1-9(10,11)6-3-4-8(13-2)7(12)5-6/h3-5,12H,1-2H3. The van der Waals surface area contributed by atoms with Gasteiger partial charge in [0.15, 0.2) is 11.5 Å². The lowest BCUT2D eigenvalue weighted by molar-refractivity contribution is 0.0172. The molecule has 0 saturated heterocycles. The predicted molar refractivity (Wildman–Crippen MR) is 44.2 cm³/mol. The van der Waals surface area contributed by atoms with Crippen LogP contribution in [0.25, 0.3) is 0 Å². The molecule has 0 aliphatic rings. The van der Waals surface area contributed by atoms with Crippen molar-refractivity contribution in [3.05, 3.63) is 23.8 Å². The Morgan fingerprint density at radius 1 is 1.38 bits per heavy atom. The molecule has 0 heterocycles. The molecule has 13 heavy (non-hydrogen) atoms. The van der Waals surface area contributed by atoms with Gasteiger partial charge >= 0.3 is 0 Å². The summed E-state index contributed by atoms with van der Waals surface area (Å²) in [6.07, 6.45) is 0. The second kappa shape index (κ2) is 3.20. The lowest BCUT2D eigenvalue weighted by atomic mass is 10.1. The van der Waals surface area contributed by atoms with Crippen LogP contribution in [0.5, 0.6) is 11.5 Å². The molecule has 1 aromatic carbocycles. The van der Waals surface area contributed by atoms with Gasteiger partial charge in [-0.2, -0.15) is 0 Å². The van der Waals surface area contributed by atoms with Crippen LogP contribution < -0.4 is 4.74 Å². The number of halogens is 2. The van der Waals surface area contributed by atoms with Crippen molar-refractivity contribution in [3.63, 3.8) is 0 Å². The first-order chi connectivity index (χ1) is 5.95. The number of phenols is 1. The maximum absolute atomic E-state index is 12.7. The Morgan fingerprint density at radius 2 is 2.00 bits per heavy atom. The molecule has 4 heteroatoms. The molecule has 0 bridgehead atoms. The van der Waals surface area contributed by atoms with E-state index >= 15 is 0 Å². The summed E-state index contributed by atoms with van der Waals surface area (Å²) in [5, 5.41) is 9.20. The van der Waals surface area contributed by atoms with Gasteiger partial charge in [-0.15, -0.1) is 0 Å². The molecule has 0 atom stereocenters. The Morgan fingerprint density at radius 3 is 2.38 bits per heavy atom. The number of ether oxygens (including phenoxy) is 1.